The highest BCUT2D eigenvalue weighted by Gasteiger charge is 2.06. The summed E-state index contributed by atoms with van der Waals surface area (Å²) >= 11 is 0. The smallest absolute Gasteiger partial charge is 0.262 e. The maximum absolute atomic E-state index is 12.3. The number of nitrogens with zero attached hydrogens (tertiary/aromatic N) is 2. The summed E-state index contributed by atoms with van der Waals surface area (Å²) in [6.07, 6.45) is 1.71. The van der Waals surface area contributed by atoms with Crippen molar-refractivity contribution in [3.63, 3.8) is 0 Å². The van der Waals surface area contributed by atoms with E-state index in [-0.39, 0.29) is 24.7 Å². The molecule has 8 nitrogen and oxygen atoms in total. The van der Waals surface area contributed by atoms with Crippen LogP contribution in [0.3, 0.4) is 0 Å². The standard InChI is InChI=1S/C25H23N3O5/c1-17-11-12-28-23(13-17)26-19(14-25(28)30)15-32-21-5-3-18(4-6-21)27-24(29)16-33-22-9-7-20(31-2)8-10-22/h3-14H,15-16H2,1-2H3,(H,27,29). The Morgan fingerprint density at radius 1 is 0.939 bits per heavy atom. The van der Waals surface area contributed by atoms with Gasteiger partial charge in [0, 0.05) is 18.0 Å². The number of carbonyl (C=O) groups is 1. The molecule has 0 fully saturated rings. The van der Waals surface area contributed by atoms with Gasteiger partial charge < -0.3 is 19.5 Å². The second-order valence-electron chi connectivity index (χ2n) is 7.34. The van der Waals surface area contributed by atoms with Crippen molar-refractivity contribution in [3.05, 3.63) is 94.5 Å². The van der Waals surface area contributed by atoms with E-state index in [4.69, 9.17) is 14.2 Å². The minimum Gasteiger partial charge on any atom is -0.497 e. The third-order valence-corrected chi connectivity index (χ3v) is 4.83. The molecule has 2 heterocycles. The molecule has 33 heavy (non-hydrogen) atoms. The molecule has 0 aliphatic carbocycles. The van der Waals surface area contributed by atoms with Crippen LogP contribution >= 0.6 is 0 Å². The average molecular weight is 445 g/mol. The van der Waals surface area contributed by atoms with Gasteiger partial charge in [0.25, 0.3) is 11.5 Å². The molecule has 4 rings (SSSR count). The summed E-state index contributed by atoms with van der Waals surface area (Å²) < 4.78 is 17.8. The van der Waals surface area contributed by atoms with Crippen LogP contribution in [0.4, 0.5) is 5.69 Å². The third kappa shape index (κ3) is 5.68. The lowest BCUT2D eigenvalue weighted by molar-refractivity contribution is -0.118. The number of anilines is 1. The van der Waals surface area contributed by atoms with Gasteiger partial charge in [0.1, 0.15) is 29.5 Å². The average Bonchev–Trinajstić information content (AvgIpc) is 2.82. The van der Waals surface area contributed by atoms with Gasteiger partial charge in [-0.25, -0.2) is 4.98 Å². The predicted octanol–water partition coefficient (Wildman–Crippen LogP) is 3.61. The molecule has 0 radical (unpaired) electrons. The Hall–Kier alpha value is -4.33. The maximum Gasteiger partial charge on any atom is 0.262 e. The Morgan fingerprint density at radius 2 is 1.61 bits per heavy atom. The minimum absolute atomic E-state index is 0.118. The van der Waals surface area contributed by atoms with Crippen LogP contribution in [-0.2, 0) is 11.4 Å². The second kappa shape index (κ2) is 9.86. The van der Waals surface area contributed by atoms with Gasteiger partial charge in [-0.15, -0.1) is 0 Å². The summed E-state index contributed by atoms with van der Waals surface area (Å²) in [6, 6.07) is 19.1. The second-order valence-corrected chi connectivity index (χ2v) is 7.34. The predicted molar refractivity (Wildman–Crippen MR) is 124 cm³/mol. The van der Waals surface area contributed by atoms with E-state index >= 15 is 0 Å². The van der Waals surface area contributed by atoms with Crippen molar-refractivity contribution < 1.29 is 19.0 Å². The molecule has 0 aliphatic rings. The van der Waals surface area contributed by atoms with E-state index in [1.54, 1.807) is 61.8 Å². The molecule has 0 saturated carbocycles. The zero-order valence-corrected chi connectivity index (χ0v) is 18.3. The van der Waals surface area contributed by atoms with E-state index in [2.05, 4.69) is 10.3 Å². The number of ether oxygens (including phenoxy) is 3. The molecular formula is C25H23N3O5. The summed E-state index contributed by atoms with van der Waals surface area (Å²) in [5.74, 6) is 1.60. The van der Waals surface area contributed by atoms with E-state index in [0.29, 0.717) is 34.3 Å². The number of rotatable bonds is 8. The molecule has 0 atom stereocenters. The van der Waals surface area contributed by atoms with Gasteiger partial charge in [-0.2, -0.15) is 0 Å². The summed E-state index contributed by atoms with van der Waals surface area (Å²) in [5.41, 5.74) is 2.60. The van der Waals surface area contributed by atoms with Crippen LogP contribution in [0.25, 0.3) is 5.65 Å². The molecule has 0 aliphatic heterocycles. The van der Waals surface area contributed by atoms with Crippen molar-refractivity contribution in [1.29, 1.82) is 0 Å². The van der Waals surface area contributed by atoms with Crippen LogP contribution in [-0.4, -0.2) is 29.0 Å². The van der Waals surface area contributed by atoms with Gasteiger partial charge in [-0.05, 0) is 73.2 Å². The van der Waals surface area contributed by atoms with Gasteiger partial charge in [0.15, 0.2) is 6.61 Å². The van der Waals surface area contributed by atoms with E-state index in [1.165, 1.54) is 10.5 Å². The van der Waals surface area contributed by atoms with Crippen molar-refractivity contribution in [1.82, 2.24) is 9.38 Å². The highest BCUT2D eigenvalue weighted by molar-refractivity contribution is 5.91. The van der Waals surface area contributed by atoms with Crippen molar-refractivity contribution >= 4 is 17.2 Å². The highest BCUT2D eigenvalue weighted by Crippen LogP contribution is 2.18. The van der Waals surface area contributed by atoms with Crippen molar-refractivity contribution in [3.8, 4) is 17.2 Å². The zero-order chi connectivity index (χ0) is 23.2. The molecule has 168 valence electrons. The topological polar surface area (TPSA) is 91.2 Å². The summed E-state index contributed by atoms with van der Waals surface area (Å²) in [5, 5.41) is 2.77. The molecule has 0 unspecified atom stereocenters. The molecule has 1 N–H and O–H groups in total. The Bertz CT molecular complexity index is 1310. The van der Waals surface area contributed by atoms with Crippen LogP contribution in [0.2, 0.25) is 0 Å². The number of fused-ring (bicyclic) bond motifs is 1. The number of methoxy groups -OCH3 is 1. The molecule has 2 aromatic heterocycles. The first kappa shape index (κ1) is 21.9. The number of aromatic nitrogens is 2. The monoisotopic (exact) mass is 445 g/mol. The van der Waals surface area contributed by atoms with Crippen LogP contribution in [0.15, 0.2) is 77.7 Å². The van der Waals surface area contributed by atoms with E-state index in [0.717, 1.165) is 5.56 Å². The number of amides is 1. The fraction of sp³-hybridized carbons (Fsp3) is 0.160. The van der Waals surface area contributed by atoms with Gasteiger partial charge in [0.05, 0.1) is 12.8 Å². The largest absolute Gasteiger partial charge is 0.497 e. The van der Waals surface area contributed by atoms with Gasteiger partial charge in [-0.1, -0.05) is 0 Å². The fourth-order valence-electron chi connectivity index (χ4n) is 3.14. The number of hydrogen-bond donors (Lipinski definition) is 1. The highest BCUT2D eigenvalue weighted by atomic mass is 16.5. The fourth-order valence-corrected chi connectivity index (χ4v) is 3.14. The van der Waals surface area contributed by atoms with E-state index in [1.807, 2.05) is 19.1 Å². The van der Waals surface area contributed by atoms with Crippen LogP contribution in [0.5, 0.6) is 17.2 Å². The van der Waals surface area contributed by atoms with Gasteiger partial charge in [-0.3, -0.25) is 14.0 Å². The molecule has 0 bridgehead atoms. The Balaban J connectivity index is 1.30. The van der Waals surface area contributed by atoms with Gasteiger partial charge in [0.2, 0.25) is 0 Å². The number of nitrogens with one attached hydrogen (secondary N) is 1. The minimum atomic E-state index is -0.282. The summed E-state index contributed by atoms with van der Waals surface area (Å²) in [7, 11) is 1.59. The first-order chi connectivity index (χ1) is 16.0. The quantitative estimate of drug-likeness (QED) is 0.446. The Labute approximate surface area is 190 Å². The molecule has 0 saturated heterocycles. The Kier molecular flexibility index (Phi) is 6.54. The lowest BCUT2D eigenvalue weighted by Gasteiger charge is -2.10. The van der Waals surface area contributed by atoms with Gasteiger partial charge >= 0.3 is 0 Å². The third-order valence-electron chi connectivity index (χ3n) is 4.83. The maximum atomic E-state index is 12.3. The van der Waals surface area contributed by atoms with E-state index < -0.39 is 0 Å². The molecule has 4 aromatic rings. The number of pyridine rings is 1. The lowest BCUT2D eigenvalue weighted by Crippen LogP contribution is -2.20. The lowest BCUT2D eigenvalue weighted by atomic mass is 10.3. The SMILES string of the molecule is COc1ccc(OCC(=O)Nc2ccc(OCc3cc(=O)n4ccc(C)cc4n3)cc2)cc1. The van der Waals surface area contributed by atoms with Crippen LogP contribution in [0, 0.1) is 6.92 Å². The van der Waals surface area contributed by atoms with Crippen molar-refractivity contribution in [2.45, 2.75) is 13.5 Å². The van der Waals surface area contributed by atoms with Crippen LogP contribution < -0.4 is 25.1 Å². The Morgan fingerprint density at radius 3 is 2.33 bits per heavy atom. The number of carbonyl (C=O) groups excluding carboxylic acids is 1. The molecular weight excluding hydrogens is 422 g/mol. The summed E-state index contributed by atoms with van der Waals surface area (Å²) in [6.45, 7) is 1.98. The van der Waals surface area contributed by atoms with Crippen LogP contribution in [0.1, 0.15) is 11.3 Å². The molecule has 8 heteroatoms. The molecule has 1 amide bonds. The number of benzene rings is 2. The number of aryl methyl sites for hydroxylation is 1. The number of hydrogen-bond acceptors (Lipinski definition) is 6. The van der Waals surface area contributed by atoms with Crippen molar-refractivity contribution in [2.24, 2.45) is 0 Å². The zero-order valence-electron chi connectivity index (χ0n) is 18.3. The first-order valence-corrected chi connectivity index (χ1v) is 10.3. The molecule has 2 aromatic carbocycles. The normalized spacial score (nSPS) is 10.6. The first-order valence-electron chi connectivity index (χ1n) is 10.3. The van der Waals surface area contributed by atoms with Crippen molar-refractivity contribution in [2.75, 3.05) is 19.0 Å². The van der Waals surface area contributed by atoms with E-state index in [9.17, 15) is 9.59 Å². The molecule has 0 spiro atoms. The summed E-state index contributed by atoms with van der Waals surface area (Å²) in [4.78, 5) is 28.9.